The Kier molecular flexibility index (Phi) is 15.2. The Labute approximate surface area is 373 Å². The van der Waals surface area contributed by atoms with Gasteiger partial charge in [-0.25, -0.2) is 9.59 Å². The van der Waals surface area contributed by atoms with Gasteiger partial charge in [-0.05, 0) is 63.8 Å². The predicted octanol–water partition coefficient (Wildman–Crippen LogP) is 8.01. The summed E-state index contributed by atoms with van der Waals surface area (Å²) in [5, 5.41) is 20.4. The van der Waals surface area contributed by atoms with E-state index in [1.165, 1.54) is 11.8 Å². The summed E-state index contributed by atoms with van der Waals surface area (Å²) >= 11 is 1.43. The first-order valence-corrected chi connectivity index (χ1v) is 22.1. The van der Waals surface area contributed by atoms with Crippen molar-refractivity contribution in [1.82, 2.24) is 21.3 Å². The molecule has 11 nitrogen and oxygen atoms in total. The van der Waals surface area contributed by atoms with Gasteiger partial charge in [-0.3, -0.25) is 14.4 Å². The molecule has 12 heteroatoms. The van der Waals surface area contributed by atoms with Gasteiger partial charge in [-0.15, -0.1) is 11.8 Å². The van der Waals surface area contributed by atoms with Gasteiger partial charge in [0, 0.05) is 5.75 Å². The molecule has 6 rings (SSSR count). The van der Waals surface area contributed by atoms with Crippen LogP contribution in [0.25, 0.3) is 11.1 Å². The fourth-order valence-corrected chi connectivity index (χ4v) is 9.55. The molecule has 5 N–H and O–H groups in total. The summed E-state index contributed by atoms with van der Waals surface area (Å²) < 4.78 is 5.15. The average Bonchev–Trinajstić information content (AvgIpc) is 3.63. The van der Waals surface area contributed by atoms with Crippen LogP contribution < -0.4 is 21.3 Å². The largest absolute Gasteiger partial charge is 0.480 e. The molecule has 0 heterocycles. The normalized spacial score (nSPS) is 13.9. The molecule has 0 fully saturated rings. The number of allylic oxidation sites excluding steroid dienone is 2. The first-order valence-electron chi connectivity index (χ1n) is 21.1. The zero-order chi connectivity index (χ0) is 45.1. The number of hydrogen-bond donors (Lipinski definition) is 5. The Morgan fingerprint density at radius 3 is 1.54 bits per heavy atom. The lowest BCUT2D eigenvalue weighted by Gasteiger charge is -2.36. The molecule has 326 valence electrons. The van der Waals surface area contributed by atoms with Gasteiger partial charge in [-0.2, -0.15) is 0 Å². The van der Waals surface area contributed by atoms with Crippen LogP contribution in [0.15, 0.2) is 151 Å². The van der Waals surface area contributed by atoms with Crippen LogP contribution in [-0.4, -0.2) is 65.3 Å². The Hall–Kier alpha value is -6.66. The molecule has 63 heavy (non-hydrogen) atoms. The zero-order valence-electron chi connectivity index (χ0n) is 36.0. The van der Waals surface area contributed by atoms with Gasteiger partial charge < -0.3 is 31.1 Å². The molecular weight excluding hydrogens is 813 g/mol. The monoisotopic (exact) mass is 866 g/mol. The molecule has 0 spiro atoms. The van der Waals surface area contributed by atoms with Crippen molar-refractivity contribution in [3.63, 3.8) is 0 Å². The van der Waals surface area contributed by atoms with E-state index < -0.39 is 71.0 Å². The lowest BCUT2D eigenvalue weighted by molar-refractivity contribution is -0.143. The summed E-state index contributed by atoms with van der Waals surface area (Å²) in [5.74, 6) is -3.99. The number of nitrogens with one attached hydrogen (secondary N) is 4. The van der Waals surface area contributed by atoms with Crippen LogP contribution in [0.1, 0.15) is 68.4 Å². The zero-order valence-corrected chi connectivity index (χ0v) is 36.9. The van der Waals surface area contributed by atoms with Crippen LogP contribution in [0.2, 0.25) is 0 Å². The topological polar surface area (TPSA) is 163 Å². The summed E-state index contributed by atoms with van der Waals surface area (Å²) in [6.45, 7) is 8.14. The van der Waals surface area contributed by atoms with Gasteiger partial charge >= 0.3 is 12.1 Å². The number of alkyl carbamates (subject to hydrolysis) is 1. The minimum atomic E-state index is -1.23. The maximum atomic E-state index is 14.4. The highest BCUT2D eigenvalue weighted by Gasteiger charge is 2.40. The Balaban J connectivity index is 1.27. The van der Waals surface area contributed by atoms with E-state index >= 15 is 0 Å². The summed E-state index contributed by atoms with van der Waals surface area (Å²) in [4.78, 5) is 67.3. The summed E-state index contributed by atoms with van der Waals surface area (Å²) in [5.41, 5.74) is 6.90. The van der Waals surface area contributed by atoms with Crippen molar-refractivity contribution < 1.29 is 33.8 Å². The first kappa shape index (κ1) is 45.9. The second kappa shape index (κ2) is 20.9. The number of ether oxygens (including phenoxy) is 1. The van der Waals surface area contributed by atoms with E-state index in [0.717, 1.165) is 38.9 Å². The highest BCUT2D eigenvalue weighted by Crippen LogP contribution is 2.49. The molecule has 3 unspecified atom stereocenters. The predicted molar refractivity (Wildman–Crippen MR) is 247 cm³/mol. The lowest BCUT2D eigenvalue weighted by atomic mass is 9.84. The molecule has 3 atom stereocenters. The van der Waals surface area contributed by atoms with E-state index in [0.29, 0.717) is 5.76 Å². The maximum Gasteiger partial charge on any atom is 0.412 e. The maximum absolute atomic E-state index is 14.4. The standard InChI is InChI=1S/C51H54N4O7S/c1-6-42(44-39-28-18-16-26-37(39)38-27-17-19-29-40(38)44)62-50(61)55-45(32(2)3)48(58)53-41(47(57)52-30-43(56)54-46(33(4)5)49(59)60)31-63-51(34-20-10-7-11-21-34,35-22-12-8-13-23-35)36-24-14-9-15-25-36/h6-29,32-33,41,44-46H,30-31H2,1-5H3,(H,52,57)(H,53,58)(H,54,56)(H,55,61)(H,59,60). The molecule has 0 saturated carbocycles. The van der Waals surface area contributed by atoms with Crippen molar-refractivity contribution in [3.8, 4) is 11.1 Å². The molecule has 0 aromatic heterocycles. The quantitative estimate of drug-likeness (QED) is 0.0437. The van der Waals surface area contributed by atoms with Gasteiger partial charge in [0.2, 0.25) is 17.7 Å². The number of thioether (sulfide) groups is 1. The fraction of sp³-hybridized carbons (Fsp3) is 0.275. The van der Waals surface area contributed by atoms with Crippen LogP contribution in [0.5, 0.6) is 0 Å². The molecular formula is C51H54N4O7S. The van der Waals surface area contributed by atoms with Crippen LogP contribution >= 0.6 is 11.8 Å². The molecule has 5 aromatic rings. The van der Waals surface area contributed by atoms with Gasteiger partial charge in [0.05, 0.1) is 17.2 Å². The number of carbonyl (C=O) groups excluding carboxylic acids is 4. The van der Waals surface area contributed by atoms with Crippen molar-refractivity contribution in [1.29, 1.82) is 0 Å². The van der Waals surface area contributed by atoms with Crippen LogP contribution in [0, 0.1) is 11.8 Å². The van der Waals surface area contributed by atoms with Crippen LogP contribution in [0.4, 0.5) is 4.79 Å². The molecule has 0 bridgehead atoms. The van der Waals surface area contributed by atoms with E-state index in [4.69, 9.17) is 4.74 Å². The van der Waals surface area contributed by atoms with E-state index in [1.54, 1.807) is 40.7 Å². The average molecular weight is 867 g/mol. The third-order valence-electron chi connectivity index (χ3n) is 11.1. The van der Waals surface area contributed by atoms with Gasteiger partial charge in [0.1, 0.15) is 23.9 Å². The van der Waals surface area contributed by atoms with Crippen LogP contribution in [0.3, 0.4) is 0 Å². The number of carboxylic acids is 1. The van der Waals surface area contributed by atoms with E-state index in [9.17, 15) is 29.1 Å². The Morgan fingerprint density at radius 2 is 1.10 bits per heavy atom. The molecule has 0 aliphatic heterocycles. The van der Waals surface area contributed by atoms with Crippen molar-refractivity contribution in [2.24, 2.45) is 11.8 Å². The molecule has 1 aliphatic carbocycles. The summed E-state index contributed by atoms with van der Waals surface area (Å²) in [6.07, 6.45) is 0.917. The molecule has 0 saturated heterocycles. The van der Waals surface area contributed by atoms with Gasteiger partial charge in [0.15, 0.2) is 0 Å². The molecule has 1 aliphatic rings. The molecule has 4 amide bonds. The van der Waals surface area contributed by atoms with E-state index in [2.05, 4.69) is 21.3 Å². The lowest BCUT2D eigenvalue weighted by Crippen LogP contribution is -2.57. The second-order valence-electron chi connectivity index (χ2n) is 16.1. The number of carbonyl (C=O) groups is 5. The number of benzene rings is 5. The minimum absolute atomic E-state index is 0.0140. The molecule has 5 aromatic carbocycles. The van der Waals surface area contributed by atoms with E-state index in [-0.39, 0.29) is 11.7 Å². The number of carboxylic acid groups (broad SMARTS) is 1. The van der Waals surface area contributed by atoms with Gasteiger partial charge in [-0.1, -0.05) is 167 Å². The number of rotatable bonds is 18. The Morgan fingerprint density at radius 1 is 0.635 bits per heavy atom. The van der Waals surface area contributed by atoms with Crippen molar-refractivity contribution >= 4 is 41.5 Å². The second-order valence-corrected chi connectivity index (χ2v) is 17.3. The fourth-order valence-electron chi connectivity index (χ4n) is 7.99. The summed E-state index contributed by atoms with van der Waals surface area (Å²) in [7, 11) is 0. The third kappa shape index (κ3) is 10.5. The van der Waals surface area contributed by atoms with Gasteiger partial charge in [0.25, 0.3) is 0 Å². The Bertz CT molecular complexity index is 2280. The number of aliphatic carboxylic acids is 1. The number of amides is 4. The van der Waals surface area contributed by atoms with E-state index in [1.807, 2.05) is 140 Å². The van der Waals surface area contributed by atoms with Crippen molar-refractivity contribution in [2.45, 2.75) is 63.4 Å². The van der Waals surface area contributed by atoms with Crippen LogP contribution in [-0.2, 0) is 28.7 Å². The summed E-state index contributed by atoms with van der Waals surface area (Å²) in [6, 6.07) is 42.0. The molecule has 0 radical (unpaired) electrons. The highest BCUT2D eigenvalue weighted by molar-refractivity contribution is 8.00. The first-order chi connectivity index (χ1) is 30.3. The number of fused-ring (bicyclic) bond motifs is 3. The number of hydrogen-bond acceptors (Lipinski definition) is 7. The van der Waals surface area contributed by atoms with Crippen molar-refractivity contribution in [3.05, 3.63) is 179 Å². The minimum Gasteiger partial charge on any atom is -0.480 e. The van der Waals surface area contributed by atoms with Crippen molar-refractivity contribution in [2.75, 3.05) is 12.3 Å². The smallest absolute Gasteiger partial charge is 0.412 e. The highest BCUT2D eigenvalue weighted by atomic mass is 32.2. The third-order valence-corrected chi connectivity index (χ3v) is 12.8. The SMILES string of the molecule is CC=C(OC(=O)NC(C(=O)NC(CSC(c1ccccc1)(c1ccccc1)c1ccccc1)C(=O)NCC(=O)NC(C(=O)O)C(C)C)C(C)C)C1c2ccccc2-c2ccccc21.